The summed E-state index contributed by atoms with van der Waals surface area (Å²) in [7, 11) is 1.47. The second kappa shape index (κ2) is 5.70. The van der Waals surface area contributed by atoms with E-state index in [0.29, 0.717) is 6.29 Å². The third-order valence-electron chi connectivity index (χ3n) is 1.71. The number of carbonyl (C=O) groups is 2. The number of aldehydes is 1. The van der Waals surface area contributed by atoms with Crippen LogP contribution in [0.25, 0.3) is 0 Å². The van der Waals surface area contributed by atoms with Gasteiger partial charge in [-0.3, -0.25) is 0 Å². The number of carbonyl (C=O) groups excluding carboxylic acids is 2. The molecule has 0 aliphatic carbocycles. The van der Waals surface area contributed by atoms with Crippen molar-refractivity contribution >= 4 is 12.4 Å². The molecule has 88 valence electrons. The first-order chi connectivity index (χ1) is 6.80. The summed E-state index contributed by atoms with van der Waals surface area (Å²) in [4.78, 5) is 22.0. The highest BCUT2D eigenvalue weighted by molar-refractivity contribution is 5.73. The van der Waals surface area contributed by atoms with Crippen molar-refractivity contribution in [2.75, 3.05) is 7.11 Å². The second-order valence-electron chi connectivity index (χ2n) is 4.25. The maximum absolute atomic E-state index is 11.3. The molecule has 0 aromatic heterocycles. The Kier molecular flexibility index (Phi) is 5.28. The van der Waals surface area contributed by atoms with Crippen LogP contribution in [0.3, 0.4) is 0 Å². The zero-order chi connectivity index (χ0) is 12.1. The number of nitrogens with one attached hydrogen (secondary N) is 1. The fraction of sp³-hybridized carbons (Fsp3) is 0.800. The molecule has 0 aromatic carbocycles. The van der Waals surface area contributed by atoms with Crippen molar-refractivity contribution in [2.24, 2.45) is 0 Å². The van der Waals surface area contributed by atoms with Crippen molar-refractivity contribution in [3.63, 3.8) is 0 Å². The van der Waals surface area contributed by atoms with Gasteiger partial charge in [0.15, 0.2) is 0 Å². The molecule has 0 saturated heterocycles. The van der Waals surface area contributed by atoms with Gasteiger partial charge < -0.3 is 19.6 Å². The highest BCUT2D eigenvalue weighted by atomic mass is 16.6. The zero-order valence-electron chi connectivity index (χ0n) is 9.87. The molecule has 1 N–H and O–H groups in total. The number of methoxy groups -OCH3 is 1. The summed E-state index contributed by atoms with van der Waals surface area (Å²) in [5.41, 5.74) is -0.576. The lowest BCUT2D eigenvalue weighted by Gasteiger charge is -2.23. The molecular formula is C10H19NO4. The Morgan fingerprint density at radius 2 is 1.93 bits per heavy atom. The zero-order valence-corrected chi connectivity index (χ0v) is 9.87. The largest absolute Gasteiger partial charge is 0.444 e. The van der Waals surface area contributed by atoms with Gasteiger partial charge in [0.25, 0.3) is 0 Å². The summed E-state index contributed by atoms with van der Waals surface area (Å²) in [5.74, 6) is 0. The number of hydrogen-bond acceptors (Lipinski definition) is 4. The molecule has 0 radical (unpaired) electrons. The third kappa shape index (κ3) is 6.06. The van der Waals surface area contributed by atoms with Gasteiger partial charge in [-0.05, 0) is 27.7 Å². The predicted octanol–water partition coefficient (Wildman–Crippen LogP) is 1.11. The lowest BCUT2D eigenvalue weighted by molar-refractivity contribution is -0.112. The van der Waals surface area contributed by atoms with Gasteiger partial charge in [0.05, 0.1) is 6.10 Å². The van der Waals surface area contributed by atoms with Crippen LogP contribution in [0.4, 0.5) is 4.79 Å². The van der Waals surface area contributed by atoms with Crippen LogP contribution in [0, 0.1) is 0 Å². The second-order valence-corrected chi connectivity index (χ2v) is 4.25. The topological polar surface area (TPSA) is 64.6 Å². The molecule has 15 heavy (non-hydrogen) atoms. The highest BCUT2D eigenvalue weighted by Crippen LogP contribution is 2.07. The Balaban J connectivity index is 4.19. The van der Waals surface area contributed by atoms with Crippen LogP contribution < -0.4 is 5.32 Å². The number of ether oxygens (including phenoxy) is 2. The molecule has 0 aliphatic rings. The van der Waals surface area contributed by atoms with Crippen LogP contribution in [0.1, 0.15) is 27.7 Å². The van der Waals surface area contributed by atoms with Crippen molar-refractivity contribution in [3.05, 3.63) is 0 Å². The van der Waals surface area contributed by atoms with E-state index >= 15 is 0 Å². The van der Waals surface area contributed by atoms with Crippen molar-refractivity contribution in [1.29, 1.82) is 0 Å². The maximum atomic E-state index is 11.3. The first kappa shape index (κ1) is 13.9. The van der Waals surface area contributed by atoms with E-state index < -0.39 is 17.7 Å². The Hall–Kier alpha value is -1.10. The van der Waals surface area contributed by atoms with Crippen molar-refractivity contribution in [1.82, 2.24) is 5.32 Å². The minimum absolute atomic E-state index is 0.380. The van der Waals surface area contributed by atoms with Gasteiger partial charge in [0.2, 0.25) is 0 Å². The van der Waals surface area contributed by atoms with E-state index in [4.69, 9.17) is 9.47 Å². The minimum Gasteiger partial charge on any atom is -0.444 e. The number of alkyl carbamates (subject to hydrolysis) is 1. The van der Waals surface area contributed by atoms with Gasteiger partial charge in [-0.1, -0.05) is 0 Å². The minimum atomic E-state index is -0.690. The first-order valence-electron chi connectivity index (χ1n) is 4.77. The Morgan fingerprint density at radius 3 is 2.27 bits per heavy atom. The number of rotatable bonds is 4. The fourth-order valence-corrected chi connectivity index (χ4v) is 0.852. The van der Waals surface area contributed by atoms with Crippen LogP contribution in [0.5, 0.6) is 0 Å². The molecule has 0 heterocycles. The van der Waals surface area contributed by atoms with E-state index in [1.165, 1.54) is 7.11 Å². The molecule has 0 fully saturated rings. The summed E-state index contributed by atoms with van der Waals surface area (Å²) in [6.07, 6.45) is -0.378. The predicted molar refractivity (Wildman–Crippen MR) is 55.7 cm³/mol. The van der Waals surface area contributed by atoms with E-state index in [1.54, 1.807) is 27.7 Å². The van der Waals surface area contributed by atoms with Crippen molar-refractivity contribution in [2.45, 2.75) is 45.4 Å². The van der Waals surface area contributed by atoms with E-state index in [9.17, 15) is 9.59 Å². The molecule has 0 aliphatic heterocycles. The quantitative estimate of drug-likeness (QED) is 0.716. The summed E-state index contributed by atoms with van der Waals surface area (Å²) >= 11 is 0. The van der Waals surface area contributed by atoms with E-state index in [1.807, 2.05) is 0 Å². The first-order valence-corrected chi connectivity index (χ1v) is 4.77. The standard InChI is InChI=1S/C10H19NO4/c1-7(14-5)8(6-12)11-9(13)15-10(2,3)4/h6-8H,1-5H3,(H,11,13)/t7-,8-/m0/s1. The summed E-state index contributed by atoms with van der Waals surface area (Å²) in [5, 5.41) is 2.42. The molecule has 0 unspecified atom stereocenters. The Bertz CT molecular complexity index is 222. The van der Waals surface area contributed by atoms with Crippen LogP contribution in [0.2, 0.25) is 0 Å². The van der Waals surface area contributed by atoms with Gasteiger partial charge in [-0.15, -0.1) is 0 Å². The van der Waals surface area contributed by atoms with Crippen molar-refractivity contribution < 1.29 is 19.1 Å². The molecule has 0 bridgehead atoms. The van der Waals surface area contributed by atoms with Crippen LogP contribution in [0.15, 0.2) is 0 Å². The van der Waals surface area contributed by atoms with Crippen LogP contribution >= 0.6 is 0 Å². The number of hydrogen-bond donors (Lipinski definition) is 1. The SMILES string of the molecule is CO[C@@H](C)[C@H](C=O)NC(=O)OC(C)(C)C. The molecular weight excluding hydrogens is 198 g/mol. The number of amides is 1. The monoisotopic (exact) mass is 217 g/mol. The van der Waals surface area contributed by atoms with Crippen LogP contribution in [-0.2, 0) is 14.3 Å². The van der Waals surface area contributed by atoms with Gasteiger partial charge in [-0.2, -0.15) is 0 Å². The van der Waals surface area contributed by atoms with E-state index in [2.05, 4.69) is 5.32 Å². The van der Waals surface area contributed by atoms with Gasteiger partial charge in [0, 0.05) is 7.11 Å². The van der Waals surface area contributed by atoms with Gasteiger partial charge in [-0.25, -0.2) is 4.79 Å². The molecule has 0 spiro atoms. The Morgan fingerprint density at radius 1 is 1.40 bits per heavy atom. The molecule has 5 nitrogen and oxygen atoms in total. The van der Waals surface area contributed by atoms with Crippen molar-refractivity contribution in [3.8, 4) is 0 Å². The third-order valence-corrected chi connectivity index (χ3v) is 1.71. The summed E-state index contributed by atoms with van der Waals surface area (Å²) in [6.45, 7) is 6.95. The highest BCUT2D eigenvalue weighted by Gasteiger charge is 2.22. The molecule has 2 atom stereocenters. The molecule has 1 amide bonds. The lowest BCUT2D eigenvalue weighted by atomic mass is 10.2. The molecule has 0 aromatic rings. The molecule has 5 heteroatoms. The summed E-state index contributed by atoms with van der Waals surface area (Å²) in [6, 6.07) is -0.690. The van der Waals surface area contributed by atoms with E-state index in [-0.39, 0.29) is 6.10 Å². The van der Waals surface area contributed by atoms with Crippen LogP contribution in [-0.4, -0.2) is 37.2 Å². The van der Waals surface area contributed by atoms with Gasteiger partial charge >= 0.3 is 6.09 Å². The van der Waals surface area contributed by atoms with E-state index in [0.717, 1.165) is 0 Å². The fourth-order valence-electron chi connectivity index (χ4n) is 0.852. The molecule has 0 rings (SSSR count). The molecule has 0 saturated carbocycles. The van der Waals surface area contributed by atoms with Gasteiger partial charge in [0.1, 0.15) is 17.9 Å². The Labute approximate surface area is 90.1 Å². The average molecular weight is 217 g/mol. The maximum Gasteiger partial charge on any atom is 0.408 e. The summed E-state index contributed by atoms with van der Waals surface area (Å²) < 4.78 is 9.93. The normalized spacial score (nSPS) is 15.3. The smallest absolute Gasteiger partial charge is 0.408 e. The average Bonchev–Trinajstić information content (AvgIpc) is 2.10. The lowest BCUT2D eigenvalue weighted by Crippen LogP contribution is -2.46.